The Kier molecular flexibility index (Phi) is 4.44. The fourth-order valence-corrected chi connectivity index (χ4v) is 3.01. The monoisotopic (exact) mass is 391 g/mol. The van der Waals surface area contributed by atoms with E-state index in [1.54, 1.807) is 36.4 Å². The summed E-state index contributed by atoms with van der Waals surface area (Å²) < 4.78 is 17.4. The van der Waals surface area contributed by atoms with Gasteiger partial charge in [-0.25, -0.2) is 0 Å². The van der Waals surface area contributed by atoms with Crippen LogP contribution in [0, 0.1) is 10.1 Å². The second-order valence-corrected chi connectivity index (χ2v) is 6.00. The third-order valence-electron chi connectivity index (χ3n) is 3.72. The fourth-order valence-electron chi connectivity index (χ4n) is 2.63. The highest BCUT2D eigenvalue weighted by atomic mass is 79.9. The van der Waals surface area contributed by atoms with E-state index in [1.165, 1.54) is 20.3 Å². The molecule has 24 heavy (non-hydrogen) atoms. The molecule has 0 aliphatic carbocycles. The van der Waals surface area contributed by atoms with Crippen LogP contribution in [0.25, 0.3) is 6.08 Å². The highest BCUT2D eigenvalue weighted by molar-refractivity contribution is 9.10. The predicted molar refractivity (Wildman–Crippen MR) is 92.0 cm³/mol. The van der Waals surface area contributed by atoms with Crippen molar-refractivity contribution < 1.29 is 19.1 Å². The predicted octanol–water partition coefficient (Wildman–Crippen LogP) is 4.22. The van der Waals surface area contributed by atoms with Crippen LogP contribution in [-0.4, -0.2) is 19.1 Å². The molecule has 0 saturated heterocycles. The van der Waals surface area contributed by atoms with Crippen molar-refractivity contribution in [3.05, 3.63) is 67.8 Å². The van der Waals surface area contributed by atoms with Gasteiger partial charge in [0.1, 0.15) is 5.75 Å². The normalized spacial score (nSPS) is 15.8. The minimum absolute atomic E-state index is 0.0628. The highest BCUT2D eigenvalue weighted by Crippen LogP contribution is 2.45. The van der Waals surface area contributed by atoms with Crippen LogP contribution < -0.4 is 14.2 Å². The van der Waals surface area contributed by atoms with Crippen LogP contribution in [0.5, 0.6) is 17.2 Å². The van der Waals surface area contributed by atoms with Crippen molar-refractivity contribution in [3.8, 4) is 17.2 Å². The maximum absolute atomic E-state index is 11.6. The molecule has 124 valence electrons. The number of nitro groups is 1. The van der Waals surface area contributed by atoms with Crippen molar-refractivity contribution in [1.82, 2.24) is 0 Å². The zero-order valence-corrected chi connectivity index (χ0v) is 14.6. The van der Waals surface area contributed by atoms with Crippen molar-refractivity contribution in [1.29, 1.82) is 0 Å². The Morgan fingerprint density at radius 1 is 1.17 bits per heavy atom. The van der Waals surface area contributed by atoms with Gasteiger partial charge in [-0.3, -0.25) is 10.1 Å². The van der Waals surface area contributed by atoms with Gasteiger partial charge in [0.25, 0.3) is 5.70 Å². The van der Waals surface area contributed by atoms with E-state index in [4.69, 9.17) is 14.2 Å². The van der Waals surface area contributed by atoms with Crippen molar-refractivity contribution in [2.24, 2.45) is 0 Å². The molecule has 0 saturated carbocycles. The average Bonchev–Trinajstić information content (AvgIpc) is 2.59. The Hall–Kier alpha value is -2.54. The molecular formula is C17H14BrNO5. The largest absolute Gasteiger partial charge is 0.496 e. The third-order valence-corrected chi connectivity index (χ3v) is 4.22. The van der Waals surface area contributed by atoms with E-state index in [1.807, 2.05) is 0 Å². The van der Waals surface area contributed by atoms with E-state index in [0.717, 1.165) is 4.47 Å². The maximum atomic E-state index is 11.6. The zero-order chi connectivity index (χ0) is 17.3. The molecule has 0 amide bonds. The Bertz CT molecular complexity index is 834. The number of para-hydroxylation sites is 1. The molecule has 0 N–H and O–H groups in total. The lowest BCUT2D eigenvalue weighted by Gasteiger charge is -2.25. The minimum Gasteiger partial charge on any atom is -0.496 e. The summed E-state index contributed by atoms with van der Waals surface area (Å²) in [4.78, 5) is 11.1. The first-order valence-electron chi connectivity index (χ1n) is 7.08. The van der Waals surface area contributed by atoms with Crippen molar-refractivity contribution in [2.75, 3.05) is 14.2 Å². The molecule has 1 aliphatic heterocycles. The van der Waals surface area contributed by atoms with Crippen LogP contribution >= 0.6 is 15.9 Å². The number of fused-ring (bicyclic) bond motifs is 1. The van der Waals surface area contributed by atoms with Gasteiger partial charge in [0.05, 0.1) is 19.1 Å². The Balaban J connectivity index is 2.18. The summed E-state index contributed by atoms with van der Waals surface area (Å²) in [5.74, 6) is 1.50. The molecule has 7 heteroatoms. The van der Waals surface area contributed by atoms with Crippen LogP contribution in [0.3, 0.4) is 0 Å². The summed E-state index contributed by atoms with van der Waals surface area (Å²) >= 11 is 3.38. The smallest absolute Gasteiger partial charge is 0.291 e. The van der Waals surface area contributed by atoms with Crippen LogP contribution in [-0.2, 0) is 0 Å². The Morgan fingerprint density at radius 3 is 2.58 bits per heavy atom. The molecule has 0 aromatic heterocycles. The molecule has 0 spiro atoms. The lowest BCUT2D eigenvalue weighted by molar-refractivity contribution is -0.434. The second kappa shape index (κ2) is 6.52. The zero-order valence-electron chi connectivity index (χ0n) is 13.0. The maximum Gasteiger partial charge on any atom is 0.291 e. The molecule has 1 atom stereocenters. The molecule has 2 aromatic carbocycles. The highest BCUT2D eigenvalue weighted by Gasteiger charge is 2.36. The number of hydrogen-bond acceptors (Lipinski definition) is 5. The molecular weight excluding hydrogens is 378 g/mol. The van der Waals surface area contributed by atoms with Gasteiger partial charge in [-0.1, -0.05) is 28.1 Å². The van der Waals surface area contributed by atoms with Crippen LogP contribution in [0.4, 0.5) is 0 Å². The standard InChI is InChI=1S/C17H14BrNO5/c1-22-14-7-6-11(18)9-12(14)17-13(19(20)21)8-10-4-3-5-15(23-2)16(10)24-17/h3-9,17H,1-2H3. The molecule has 1 aliphatic rings. The van der Waals surface area contributed by atoms with E-state index in [-0.39, 0.29) is 5.70 Å². The molecule has 2 aromatic rings. The van der Waals surface area contributed by atoms with Gasteiger partial charge in [0.15, 0.2) is 11.5 Å². The fraction of sp³-hybridized carbons (Fsp3) is 0.176. The Morgan fingerprint density at radius 2 is 1.92 bits per heavy atom. The van der Waals surface area contributed by atoms with Gasteiger partial charge in [-0.2, -0.15) is 0 Å². The van der Waals surface area contributed by atoms with E-state index < -0.39 is 11.0 Å². The number of halogens is 1. The van der Waals surface area contributed by atoms with E-state index in [9.17, 15) is 10.1 Å². The van der Waals surface area contributed by atoms with E-state index in [2.05, 4.69) is 15.9 Å². The number of ether oxygens (including phenoxy) is 3. The van der Waals surface area contributed by atoms with Gasteiger partial charge in [-0.15, -0.1) is 0 Å². The summed E-state index contributed by atoms with van der Waals surface area (Å²) in [6.45, 7) is 0. The molecule has 3 rings (SSSR count). The van der Waals surface area contributed by atoms with E-state index >= 15 is 0 Å². The number of methoxy groups -OCH3 is 2. The number of benzene rings is 2. The molecule has 0 bridgehead atoms. The van der Waals surface area contributed by atoms with Gasteiger partial charge >= 0.3 is 0 Å². The SMILES string of the molecule is COc1ccc(Br)cc1C1Oc2c(cccc2OC)C=C1[N+](=O)[O-]. The quantitative estimate of drug-likeness (QED) is 0.576. The number of hydrogen-bond donors (Lipinski definition) is 0. The molecule has 6 nitrogen and oxygen atoms in total. The first-order chi connectivity index (χ1) is 11.5. The minimum atomic E-state index is -0.906. The van der Waals surface area contributed by atoms with Crippen LogP contribution in [0.2, 0.25) is 0 Å². The summed E-state index contributed by atoms with van der Waals surface area (Å²) in [7, 11) is 3.04. The second-order valence-electron chi connectivity index (χ2n) is 5.09. The molecule has 0 fully saturated rings. The summed E-state index contributed by atoms with van der Waals surface area (Å²) in [6.07, 6.45) is 0.600. The first-order valence-corrected chi connectivity index (χ1v) is 7.87. The van der Waals surface area contributed by atoms with Gasteiger partial charge in [-0.05, 0) is 24.3 Å². The van der Waals surface area contributed by atoms with Crippen LogP contribution in [0.15, 0.2) is 46.6 Å². The van der Waals surface area contributed by atoms with Crippen molar-refractivity contribution in [2.45, 2.75) is 6.10 Å². The van der Waals surface area contributed by atoms with Gasteiger partial charge < -0.3 is 14.2 Å². The molecule has 0 radical (unpaired) electrons. The summed E-state index contributed by atoms with van der Waals surface area (Å²) in [5.41, 5.74) is 1.10. The molecule has 1 heterocycles. The molecule has 1 unspecified atom stereocenters. The topological polar surface area (TPSA) is 70.8 Å². The number of rotatable bonds is 4. The lowest BCUT2D eigenvalue weighted by Crippen LogP contribution is -2.20. The van der Waals surface area contributed by atoms with Gasteiger partial charge in [0, 0.05) is 21.7 Å². The first kappa shape index (κ1) is 16.3. The third kappa shape index (κ3) is 2.82. The van der Waals surface area contributed by atoms with E-state index in [0.29, 0.717) is 28.4 Å². The summed E-state index contributed by atoms with van der Waals surface area (Å²) in [6, 6.07) is 10.5. The lowest BCUT2D eigenvalue weighted by atomic mass is 10.00. The van der Waals surface area contributed by atoms with Crippen LogP contribution in [0.1, 0.15) is 17.2 Å². The van der Waals surface area contributed by atoms with Gasteiger partial charge in [0.2, 0.25) is 6.10 Å². The Labute approximate surface area is 146 Å². The number of nitrogens with zero attached hydrogens (tertiary/aromatic N) is 1. The van der Waals surface area contributed by atoms with Crippen molar-refractivity contribution >= 4 is 22.0 Å². The summed E-state index contributed by atoms with van der Waals surface area (Å²) in [5, 5.41) is 11.6. The average molecular weight is 392 g/mol. The van der Waals surface area contributed by atoms with Crippen molar-refractivity contribution in [3.63, 3.8) is 0 Å².